The van der Waals surface area contributed by atoms with E-state index in [0.29, 0.717) is 23.4 Å². The van der Waals surface area contributed by atoms with Crippen LogP contribution >= 0.6 is 12.2 Å². The van der Waals surface area contributed by atoms with Crippen molar-refractivity contribution in [3.8, 4) is 0 Å². The Morgan fingerprint density at radius 3 is 2.40 bits per heavy atom. The van der Waals surface area contributed by atoms with E-state index in [1.807, 2.05) is 26.0 Å². The number of thiocarbonyl (C=S) groups is 1. The van der Waals surface area contributed by atoms with Gasteiger partial charge < -0.3 is 10.1 Å². The minimum atomic E-state index is -0.358. The van der Waals surface area contributed by atoms with Crippen LogP contribution in [0.5, 0.6) is 0 Å². The average Bonchev–Trinajstić information content (AvgIpc) is 2.60. The van der Waals surface area contributed by atoms with Gasteiger partial charge >= 0.3 is 5.97 Å². The number of esters is 1. The Kier molecular flexibility index (Phi) is 6.65. The van der Waals surface area contributed by atoms with Crippen LogP contribution in [0.15, 0.2) is 48.5 Å². The molecule has 25 heavy (non-hydrogen) atoms. The molecule has 0 heterocycles. The van der Waals surface area contributed by atoms with E-state index in [1.165, 1.54) is 0 Å². The number of carbonyl (C=O) groups is 2. The van der Waals surface area contributed by atoms with Gasteiger partial charge in [0.15, 0.2) is 5.11 Å². The molecule has 0 unspecified atom stereocenters. The maximum absolute atomic E-state index is 12.2. The smallest absolute Gasteiger partial charge is 0.338 e. The summed E-state index contributed by atoms with van der Waals surface area (Å²) in [5.74, 6) is -0.626. The molecule has 2 aromatic carbocycles. The zero-order valence-electron chi connectivity index (χ0n) is 14.2. The standard InChI is InChI=1S/C19H20N2O3S/c1-3-12-24-18(23)14-8-10-15(11-9-14)20-19(25)21-17(22)16-7-5-4-6-13(16)2/h4-11H,3,12H2,1-2H3,(H2,20,21,22,25). The molecule has 0 bridgehead atoms. The Morgan fingerprint density at radius 2 is 1.76 bits per heavy atom. The molecule has 0 aliphatic rings. The number of rotatable bonds is 5. The van der Waals surface area contributed by atoms with E-state index in [1.54, 1.807) is 36.4 Å². The first kappa shape index (κ1) is 18.6. The van der Waals surface area contributed by atoms with E-state index in [4.69, 9.17) is 17.0 Å². The summed E-state index contributed by atoms with van der Waals surface area (Å²) in [6, 6.07) is 14.0. The van der Waals surface area contributed by atoms with Crippen molar-refractivity contribution in [2.24, 2.45) is 0 Å². The number of ether oxygens (including phenoxy) is 1. The molecule has 0 saturated carbocycles. The van der Waals surface area contributed by atoms with Crippen LogP contribution in [0.25, 0.3) is 0 Å². The van der Waals surface area contributed by atoms with Gasteiger partial charge in [0.25, 0.3) is 5.91 Å². The van der Waals surface area contributed by atoms with E-state index >= 15 is 0 Å². The molecular weight excluding hydrogens is 336 g/mol. The molecule has 130 valence electrons. The second-order valence-corrected chi connectivity index (χ2v) is 5.84. The fourth-order valence-corrected chi connectivity index (χ4v) is 2.34. The summed E-state index contributed by atoms with van der Waals surface area (Å²) in [4.78, 5) is 24.0. The molecular formula is C19H20N2O3S. The Balaban J connectivity index is 1.93. The number of nitrogens with one attached hydrogen (secondary N) is 2. The highest BCUT2D eigenvalue weighted by Gasteiger charge is 2.11. The topological polar surface area (TPSA) is 67.4 Å². The van der Waals surface area contributed by atoms with Crippen LogP contribution in [0.2, 0.25) is 0 Å². The first-order chi connectivity index (χ1) is 12.0. The fourth-order valence-electron chi connectivity index (χ4n) is 2.13. The van der Waals surface area contributed by atoms with Crippen LogP contribution in [0, 0.1) is 6.92 Å². The van der Waals surface area contributed by atoms with Crippen molar-refractivity contribution < 1.29 is 14.3 Å². The van der Waals surface area contributed by atoms with Crippen LogP contribution in [-0.4, -0.2) is 23.6 Å². The molecule has 0 saturated heterocycles. The number of amides is 1. The third kappa shape index (κ3) is 5.39. The van der Waals surface area contributed by atoms with Crippen LogP contribution in [0.1, 0.15) is 39.6 Å². The molecule has 0 aromatic heterocycles. The largest absolute Gasteiger partial charge is 0.462 e. The molecule has 0 aliphatic heterocycles. The normalized spacial score (nSPS) is 10.0. The third-order valence-electron chi connectivity index (χ3n) is 3.43. The number of benzene rings is 2. The minimum Gasteiger partial charge on any atom is -0.462 e. The Hall–Kier alpha value is -2.73. The van der Waals surface area contributed by atoms with Crippen molar-refractivity contribution in [3.05, 3.63) is 65.2 Å². The summed E-state index contributed by atoms with van der Waals surface area (Å²) < 4.78 is 5.07. The zero-order chi connectivity index (χ0) is 18.2. The first-order valence-corrected chi connectivity index (χ1v) is 8.37. The molecule has 0 aliphatic carbocycles. The monoisotopic (exact) mass is 356 g/mol. The van der Waals surface area contributed by atoms with Crippen molar-refractivity contribution in [3.63, 3.8) is 0 Å². The Morgan fingerprint density at radius 1 is 1.08 bits per heavy atom. The molecule has 5 nitrogen and oxygen atoms in total. The maximum Gasteiger partial charge on any atom is 0.338 e. The van der Waals surface area contributed by atoms with E-state index in [2.05, 4.69) is 10.6 Å². The maximum atomic E-state index is 12.2. The van der Waals surface area contributed by atoms with Gasteiger partial charge in [-0.3, -0.25) is 10.1 Å². The Labute approximate surface area is 152 Å². The summed E-state index contributed by atoms with van der Waals surface area (Å²) >= 11 is 5.16. The fraction of sp³-hybridized carbons (Fsp3) is 0.211. The van der Waals surface area contributed by atoms with E-state index < -0.39 is 0 Å². The number of aryl methyl sites for hydroxylation is 1. The predicted octanol–water partition coefficient (Wildman–Crippen LogP) is 3.69. The number of hydrogen-bond donors (Lipinski definition) is 2. The van der Waals surface area contributed by atoms with Crippen LogP contribution in [-0.2, 0) is 4.74 Å². The van der Waals surface area contributed by atoms with Gasteiger partial charge in [0, 0.05) is 11.3 Å². The quantitative estimate of drug-likeness (QED) is 0.632. The SMILES string of the molecule is CCCOC(=O)c1ccc(NC(=S)NC(=O)c2ccccc2C)cc1. The molecule has 0 radical (unpaired) electrons. The van der Waals surface area contributed by atoms with Crippen LogP contribution in [0.3, 0.4) is 0 Å². The molecule has 1 amide bonds. The summed E-state index contributed by atoms with van der Waals surface area (Å²) in [6.07, 6.45) is 0.778. The lowest BCUT2D eigenvalue weighted by Gasteiger charge is -2.11. The van der Waals surface area contributed by atoms with E-state index in [9.17, 15) is 9.59 Å². The molecule has 0 atom stereocenters. The van der Waals surface area contributed by atoms with E-state index in [0.717, 1.165) is 12.0 Å². The van der Waals surface area contributed by atoms with Gasteiger partial charge in [0.1, 0.15) is 0 Å². The summed E-state index contributed by atoms with van der Waals surface area (Å²) in [5.41, 5.74) is 2.58. The van der Waals surface area contributed by atoms with Gasteiger partial charge in [-0.25, -0.2) is 4.79 Å². The van der Waals surface area contributed by atoms with Crippen molar-refractivity contribution in [2.75, 3.05) is 11.9 Å². The lowest BCUT2D eigenvalue weighted by molar-refractivity contribution is 0.0505. The van der Waals surface area contributed by atoms with Gasteiger partial charge in [-0.1, -0.05) is 25.1 Å². The summed E-state index contributed by atoms with van der Waals surface area (Å²) in [5, 5.41) is 5.75. The highest BCUT2D eigenvalue weighted by Crippen LogP contribution is 2.11. The highest BCUT2D eigenvalue weighted by molar-refractivity contribution is 7.80. The second kappa shape index (κ2) is 8.94. The average molecular weight is 356 g/mol. The third-order valence-corrected chi connectivity index (χ3v) is 3.64. The molecule has 2 aromatic rings. The molecule has 0 spiro atoms. The van der Waals surface area contributed by atoms with Crippen LogP contribution in [0.4, 0.5) is 5.69 Å². The van der Waals surface area contributed by atoms with Gasteiger partial charge in [-0.15, -0.1) is 0 Å². The number of carbonyl (C=O) groups excluding carboxylic acids is 2. The molecule has 6 heteroatoms. The molecule has 2 N–H and O–H groups in total. The van der Waals surface area contributed by atoms with Crippen molar-refractivity contribution in [1.82, 2.24) is 5.32 Å². The van der Waals surface area contributed by atoms with Gasteiger partial charge in [-0.05, 0) is 61.5 Å². The number of hydrogen-bond acceptors (Lipinski definition) is 4. The lowest BCUT2D eigenvalue weighted by Crippen LogP contribution is -2.34. The predicted molar refractivity (Wildman–Crippen MR) is 102 cm³/mol. The van der Waals surface area contributed by atoms with Crippen molar-refractivity contribution in [2.45, 2.75) is 20.3 Å². The Bertz CT molecular complexity index is 772. The minimum absolute atomic E-state index is 0.189. The molecule has 0 fully saturated rings. The number of anilines is 1. The summed E-state index contributed by atoms with van der Waals surface area (Å²) in [6.45, 7) is 4.20. The second-order valence-electron chi connectivity index (χ2n) is 5.44. The van der Waals surface area contributed by atoms with Crippen molar-refractivity contribution >= 4 is 34.9 Å². The van der Waals surface area contributed by atoms with Gasteiger partial charge in [0.05, 0.1) is 12.2 Å². The summed E-state index contributed by atoms with van der Waals surface area (Å²) in [7, 11) is 0. The first-order valence-electron chi connectivity index (χ1n) is 7.96. The van der Waals surface area contributed by atoms with Gasteiger partial charge in [-0.2, -0.15) is 0 Å². The lowest BCUT2D eigenvalue weighted by atomic mass is 10.1. The van der Waals surface area contributed by atoms with Gasteiger partial charge in [0.2, 0.25) is 0 Å². The molecule has 2 rings (SSSR count). The zero-order valence-corrected chi connectivity index (χ0v) is 15.0. The van der Waals surface area contributed by atoms with Crippen molar-refractivity contribution in [1.29, 1.82) is 0 Å². The highest BCUT2D eigenvalue weighted by atomic mass is 32.1. The van der Waals surface area contributed by atoms with E-state index in [-0.39, 0.29) is 17.0 Å². The van der Waals surface area contributed by atoms with Crippen LogP contribution < -0.4 is 10.6 Å².